The molecule has 1 aliphatic rings. The van der Waals surface area contributed by atoms with Crippen LogP contribution in [-0.4, -0.2) is 22.1 Å². The van der Waals surface area contributed by atoms with E-state index in [2.05, 4.69) is 10.3 Å². The first kappa shape index (κ1) is 22.2. The Balaban J connectivity index is 1.83. The van der Waals surface area contributed by atoms with Gasteiger partial charge in [0.25, 0.3) is 11.2 Å². The van der Waals surface area contributed by atoms with Crippen LogP contribution < -0.4 is 20.2 Å². The molecule has 1 N–H and O–H groups in total. The Bertz CT molecular complexity index is 1440. The monoisotopic (exact) mass is 464 g/mol. The van der Waals surface area contributed by atoms with Crippen molar-refractivity contribution in [2.75, 3.05) is 11.9 Å². The van der Waals surface area contributed by atoms with Crippen molar-refractivity contribution in [1.29, 1.82) is 0 Å². The minimum absolute atomic E-state index is 0.0614. The average Bonchev–Trinajstić information content (AvgIpc) is 3.12. The highest BCUT2D eigenvalue weighted by Crippen LogP contribution is 2.30. The molecule has 168 valence electrons. The number of allylic oxidation sites excluding steroid dienone is 1. The lowest BCUT2D eigenvalue weighted by molar-refractivity contribution is -0.384. The van der Waals surface area contributed by atoms with Gasteiger partial charge in [0.15, 0.2) is 4.80 Å². The molecular formula is C23H20N4O5S. The van der Waals surface area contributed by atoms with E-state index in [1.54, 1.807) is 26.0 Å². The average molecular weight is 465 g/mol. The van der Waals surface area contributed by atoms with E-state index in [4.69, 9.17) is 4.74 Å². The number of nitrogens with one attached hydrogen (secondary N) is 1. The fraction of sp³-hybridized carbons (Fsp3) is 0.174. The third-order valence-electron chi connectivity index (χ3n) is 5.06. The molecule has 0 bridgehead atoms. The number of esters is 1. The van der Waals surface area contributed by atoms with Gasteiger partial charge < -0.3 is 10.1 Å². The predicted octanol–water partition coefficient (Wildman–Crippen LogP) is 2.73. The number of rotatable bonds is 6. The highest BCUT2D eigenvalue weighted by Gasteiger charge is 2.33. The molecule has 0 saturated heterocycles. The number of thiazole rings is 1. The van der Waals surface area contributed by atoms with Gasteiger partial charge >= 0.3 is 5.97 Å². The molecule has 3 aromatic rings. The molecule has 1 atom stereocenters. The molecule has 10 heteroatoms. The first-order chi connectivity index (χ1) is 15.9. The summed E-state index contributed by atoms with van der Waals surface area (Å²) in [7, 11) is 0. The van der Waals surface area contributed by atoms with Gasteiger partial charge in [0, 0.05) is 24.0 Å². The third kappa shape index (κ3) is 4.33. The molecule has 0 unspecified atom stereocenters. The summed E-state index contributed by atoms with van der Waals surface area (Å²) in [6.07, 6.45) is 1.49. The standard InChI is InChI=1S/C23H20N4O5S/c1-3-32-22(29)19-14(2)25-23-26(20(19)15-8-5-4-6-9-15)21(28)18(33-23)13-24-16-10-7-11-17(12-16)27(30)31/h4-13,20,24H,3H2,1-2H3/b18-13-/t20-/m0/s1. The summed E-state index contributed by atoms with van der Waals surface area (Å²) in [4.78, 5) is 41.7. The van der Waals surface area contributed by atoms with Crippen LogP contribution in [0.3, 0.4) is 0 Å². The summed E-state index contributed by atoms with van der Waals surface area (Å²) in [5.74, 6) is -0.517. The normalized spacial score (nSPS) is 15.6. The van der Waals surface area contributed by atoms with Gasteiger partial charge in [-0.25, -0.2) is 9.79 Å². The largest absolute Gasteiger partial charge is 0.463 e. The van der Waals surface area contributed by atoms with Gasteiger partial charge in [0.2, 0.25) is 0 Å². The number of aromatic nitrogens is 1. The van der Waals surface area contributed by atoms with E-state index >= 15 is 0 Å². The van der Waals surface area contributed by atoms with Gasteiger partial charge in [-0.05, 0) is 25.5 Å². The highest BCUT2D eigenvalue weighted by atomic mass is 32.1. The molecule has 4 rings (SSSR count). The van der Waals surface area contributed by atoms with E-state index in [0.29, 0.717) is 26.3 Å². The summed E-state index contributed by atoms with van der Waals surface area (Å²) in [6.45, 7) is 3.65. The van der Waals surface area contributed by atoms with Gasteiger partial charge in [-0.2, -0.15) is 0 Å². The second-order valence-corrected chi connectivity index (χ2v) is 8.17. The number of fused-ring (bicyclic) bond motifs is 1. The lowest BCUT2D eigenvalue weighted by atomic mass is 9.96. The van der Waals surface area contributed by atoms with Gasteiger partial charge in [-0.3, -0.25) is 19.5 Å². The Morgan fingerprint density at radius 1 is 1.27 bits per heavy atom. The second-order valence-electron chi connectivity index (χ2n) is 7.16. The lowest BCUT2D eigenvalue weighted by Crippen LogP contribution is -2.40. The number of ether oxygens (including phenoxy) is 1. The number of nitrogens with zero attached hydrogens (tertiary/aromatic N) is 3. The molecular weight excluding hydrogens is 444 g/mol. The number of carbonyl (C=O) groups is 1. The molecule has 0 saturated carbocycles. The van der Waals surface area contributed by atoms with Crippen LogP contribution in [0.2, 0.25) is 0 Å². The molecule has 33 heavy (non-hydrogen) atoms. The number of anilines is 1. The van der Waals surface area contributed by atoms with E-state index in [0.717, 1.165) is 5.56 Å². The van der Waals surface area contributed by atoms with E-state index in [1.165, 1.54) is 34.2 Å². The fourth-order valence-electron chi connectivity index (χ4n) is 3.60. The summed E-state index contributed by atoms with van der Waals surface area (Å²) in [5, 5.41) is 14.0. The Hall–Kier alpha value is -4.05. The number of nitro groups is 1. The van der Waals surface area contributed by atoms with Crippen molar-refractivity contribution in [2.24, 2.45) is 4.99 Å². The number of benzene rings is 2. The van der Waals surface area contributed by atoms with Crippen molar-refractivity contribution in [1.82, 2.24) is 4.57 Å². The summed E-state index contributed by atoms with van der Waals surface area (Å²) < 4.78 is 7.09. The van der Waals surface area contributed by atoms with Crippen molar-refractivity contribution in [3.63, 3.8) is 0 Å². The first-order valence-electron chi connectivity index (χ1n) is 10.1. The SMILES string of the molecule is CCOC(=O)C1=C(C)N=c2s/c(=C\Nc3cccc([N+](=O)[O-])c3)c(=O)n2[C@H]1c1ccccc1. The molecule has 0 radical (unpaired) electrons. The van der Waals surface area contributed by atoms with Crippen LogP contribution in [0.1, 0.15) is 25.5 Å². The van der Waals surface area contributed by atoms with Crippen molar-refractivity contribution in [3.8, 4) is 0 Å². The van der Waals surface area contributed by atoms with Crippen molar-refractivity contribution < 1.29 is 14.5 Å². The van der Waals surface area contributed by atoms with Gasteiger partial charge in [-0.15, -0.1) is 0 Å². The molecule has 1 aliphatic heterocycles. The molecule has 9 nitrogen and oxygen atoms in total. The molecule has 0 spiro atoms. The summed E-state index contributed by atoms with van der Waals surface area (Å²) in [5.41, 5.74) is 1.64. The number of hydrogen-bond donors (Lipinski definition) is 1. The maximum Gasteiger partial charge on any atom is 0.338 e. The molecule has 0 fully saturated rings. The molecule has 2 aromatic carbocycles. The van der Waals surface area contributed by atoms with Gasteiger partial charge in [-0.1, -0.05) is 47.7 Å². The van der Waals surface area contributed by atoms with Crippen LogP contribution >= 0.6 is 11.3 Å². The minimum Gasteiger partial charge on any atom is -0.463 e. The quantitative estimate of drug-likeness (QED) is 0.341. The molecule has 2 heterocycles. The van der Waals surface area contributed by atoms with Gasteiger partial charge in [0.05, 0.1) is 28.8 Å². The van der Waals surface area contributed by atoms with Crippen LogP contribution in [0.25, 0.3) is 6.20 Å². The van der Waals surface area contributed by atoms with E-state index < -0.39 is 16.9 Å². The molecule has 0 aliphatic carbocycles. The van der Waals surface area contributed by atoms with Crippen LogP contribution in [0.4, 0.5) is 11.4 Å². The Kier molecular flexibility index (Phi) is 6.18. The fourth-order valence-corrected chi connectivity index (χ4v) is 4.57. The smallest absolute Gasteiger partial charge is 0.338 e. The number of carbonyl (C=O) groups excluding carboxylic acids is 1. The summed E-state index contributed by atoms with van der Waals surface area (Å²) >= 11 is 1.17. The van der Waals surface area contributed by atoms with Gasteiger partial charge in [0.1, 0.15) is 4.53 Å². The van der Waals surface area contributed by atoms with Crippen molar-refractivity contribution >= 4 is 34.9 Å². The summed E-state index contributed by atoms with van der Waals surface area (Å²) in [6, 6.07) is 14.5. The minimum atomic E-state index is -0.679. The van der Waals surface area contributed by atoms with E-state index in [-0.39, 0.29) is 17.9 Å². The number of non-ortho nitro benzene ring substituents is 1. The first-order valence-corrected chi connectivity index (χ1v) is 11.0. The maximum atomic E-state index is 13.4. The molecule has 0 amide bonds. The van der Waals surface area contributed by atoms with Crippen LogP contribution in [0, 0.1) is 10.1 Å². The Morgan fingerprint density at radius 2 is 2.03 bits per heavy atom. The van der Waals surface area contributed by atoms with Crippen LogP contribution in [-0.2, 0) is 9.53 Å². The van der Waals surface area contributed by atoms with Crippen molar-refractivity contribution in [3.05, 3.63) is 101 Å². The zero-order valence-electron chi connectivity index (χ0n) is 17.8. The Labute approximate surface area is 192 Å². The van der Waals surface area contributed by atoms with E-state index in [9.17, 15) is 19.7 Å². The predicted molar refractivity (Wildman–Crippen MR) is 124 cm³/mol. The number of hydrogen-bond acceptors (Lipinski definition) is 8. The lowest BCUT2D eigenvalue weighted by Gasteiger charge is -2.24. The Morgan fingerprint density at radius 3 is 2.73 bits per heavy atom. The zero-order valence-corrected chi connectivity index (χ0v) is 18.7. The topological polar surface area (TPSA) is 116 Å². The zero-order chi connectivity index (χ0) is 23.5. The second kappa shape index (κ2) is 9.21. The molecule has 1 aromatic heterocycles. The van der Waals surface area contributed by atoms with Crippen molar-refractivity contribution in [2.45, 2.75) is 19.9 Å². The highest BCUT2D eigenvalue weighted by molar-refractivity contribution is 7.07. The number of nitro benzene ring substituents is 1. The van der Waals surface area contributed by atoms with E-state index in [1.807, 2.05) is 30.3 Å². The van der Waals surface area contributed by atoms with Crippen LogP contribution in [0.5, 0.6) is 0 Å². The maximum absolute atomic E-state index is 13.4. The van der Waals surface area contributed by atoms with Crippen LogP contribution in [0.15, 0.2) is 75.7 Å². The third-order valence-corrected chi connectivity index (χ3v) is 6.04.